The number of halogens is 7. The number of rotatable bonds is 6. The normalized spacial score (nSPS) is 22.0. The molecule has 2 aliphatic rings. The highest BCUT2D eigenvalue weighted by atomic mass is 35.6. The van der Waals surface area contributed by atoms with E-state index in [1.807, 2.05) is 0 Å². The first-order valence-electron chi connectivity index (χ1n) is 11.0. The number of carbonyl (C=O) groups is 3. The SMILES string of the molecule is CC(=O)NC[C@H]1CN(c2ccc(N3CCN(C(NC(=O)C(Cl)(Cl)Cl)C(F)(F)F)C(C)C3)c(F)c2)C(=O)O1. The molecule has 2 heterocycles. The Hall–Kier alpha value is -2.22. The summed E-state index contributed by atoms with van der Waals surface area (Å²) in [6.45, 7) is 2.85. The lowest BCUT2D eigenvalue weighted by Gasteiger charge is -2.45. The second-order valence-corrected chi connectivity index (χ2v) is 10.9. The van der Waals surface area contributed by atoms with Gasteiger partial charge in [-0.05, 0) is 25.1 Å². The molecule has 0 radical (unpaired) electrons. The zero-order valence-electron chi connectivity index (χ0n) is 19.6. The maximum absolute atomic E-state index is 15.1. The van der Waals surface area contributed by atoms with Crippen molar-refractivity contribution in [3.05, 3.63) is 24.0 Å². The van der Waals surface area contributed by atoms with Gasteiger partial charge in [-0.1, -0.05) is 34.8 Å². The molecule has 2 aliphatic heterocycles. The molecule has 0 spiro atoms. The van der Waals surface area contributed by atoms with E-state index in [4.69, 9.17) is 39.5 Å². The van der Waals surface area contributed by atoms with Gasteiger partial charge in [0.05, 0.1) is 24.5 Å². The molecule has 16 heteroatoms. The number of ether oxygens (including phenoxy) is 1. The van der Waals surface area contributed by atoms with Crippen LogP contribution in [-0.2, 0) is 14.3 Å². The predicted octanol–water partition coefficient (Wildman–Crippen LogP) is 3.17. The van der Waals surface area contributed by atoms with Gasteiger partial charge in [0.15, 0.2) is 6.17 Å². The number of hydrogen-bond acceptors (Lipinski definition) is 6. The van der Waals surface area contributed by atoms with Crippen molar-refractivity contribution in [3.63, 3.8) is 0 Å². The van der Waals surface area contributed by atoms with E-state index in [2.05, 4.69) is 5.32 Å². The predicted molar refractivity (Wildman–Crippen MR) is 129 cm³/mol. The zero-order chi connectivity index (χ0) is 27.7. The summed E-state index contributed by atoms with van der Waals surface area (Å²) in [4.78, 5) is 38.9. The number of carbonyl (C=O) groups excluding carboxylic acids is 3. The summed E-state index contributed by atoms with van der Waals surface area (Å²) >= 11 is 16.2. The Kier molecular flexibility index (Phi) is 8.93. The minimum atomic E-state index is -4.86. The second-order valence-electron chi connectivity index (χ2n) is 8.64. The van der Waals surface area contributed by atoms with Crippen molar-refractivity contribution in [3.8, 4) is 0 Å². The first-order chi connectivity index (χ1) is 17.1. The highest BCUT2D eigenvalue weighted by Gasteiger charge is 2.49. The van der Waals surface area contributed by atoms with Crippen molar-refractivity contribution in [2.24, 2.45) is 0 Å². The monoisotopic (exact) mass is 591 g/mol. The maximum atomic E-state index is 15.1. The van der Waals surface area contributed by atoms with Crippen LogP contribution in [-0.4, -0.2) is 83.8 Å². The number of piperazine rings is 1. The molecule has 1 aromatic carbocycles. The number of amides is 3. The molecule has 2 N–H and O–H groups in total. The topological polar surface area (TPSA) is 94.2 Å². The van der Waals surface area contributed by atoms with E-state index < -0.39 is 46.1 Å². The molecule has 9 nitrogen and oxygen atoms in total. The molecular formula is C21H24Cl3F4N5O4. The molecule has 3 amide bonds. The zero-order valence-corrected chi connectivity index (χ0v) is 21.9. The van der Waals surface area contributed by atoms with Crippen molar-refractivity contribution in [1.29, 1.82) is 0 Å². The average Bonchev–Trinajstić information content (AvgIpc) is 3.15. The Morgan fingerprint density at radius 1 is 1.19 bits per heavy atom. The number of nitrogens with one attached hydrogen (secondary N) is 2. The van der Waals surface area contributed by atoms with Gasteiger partial charge < -0.3 is 20.3 Å². The van der Waals surface area contributed by atoms with Crippen molar-refractivity contribution in [2.75, 3.05) is 42.5 Å². The number of cyclic esters (lactones) is 1. The van der Waals surface area contributed by atoms with E-state index in [1.165, 1.54) is 30.9 Å². The molecule has 206 valence electrons. The number of alkyl halides is 6. The fourth-order valence-corrected chi connectivity index (χ4v) is 4.31. The molecule has 0 aromatic heterocycles. The highest BCUT2D eigenvalue weighted by Crippen LogP contribution is 2.33. The molecular weight excluding hydrogens is 569 g/mol. The van der Waals surface area contributed by atoms with Gasteiger partial charge in [-0.25, -0.2) is 9.18 Å². The fraction of sp³-hybridized carbons (Fsp3) is 0.571. The van der Waals surface area contributed by atoms with E-state index in [0.717, 1.165) is 11.0 Å². The molecule has 0 aliphatic carbocycles. The third-order valence-electron chi connectivity index (χ3n) is 5.88. The Balaban J connectivity index is 1.69. The summed E-state index contributed by atoms with van der Waals surface area (Å²) in [5, 5.41) is 4.27. The van der Waals surface area contributed by atoms with Crippen LogP contribution in [0.1, 0.15) is 13.8 Å². The quantitative estimate of drug-likeness (QED) is 0.390. The number of anilines is 2. The Morgan fingerprint density at radius 2 is 1.86 bits per heavy atom. The minimum absolute atomic E-state index is 0.00136. The summed E-state index contributed by atoms with van der Waals surface area (Å²) < 4.78 is 58.9. The van der Waals surface area contributed by atoms with Crippen LogP contribution in [0.4, 0.5) is 33.7 Å². The van der Waals surface area contributed by atoms with Crippen molar-refractivity contribution in [1.82, 2.24) is 15.5 Å². The van der Waals surface area contributed by atoms with Crippen LogP contribution in [0, 0.1) is 5.82 Å². The van der Waals surface area contributed by atoms with Gasteiger partial charge >= 0.3 is 12.3 Å². The van der Waals surface area contributed by atoms with Crippen molar-refractivity contribution < 1.29 is 36.7 Å². The van der Waals surface area contributed by atoms with Crippen LogP contribution in [0.2, 0.25) is 0 Å². The lowest BCUT2D eigenvalue weighted by Crippen LogP contribution is -2.65. The van der Waals surface area contributed by atoms with Crippen LogP contribution >= 0.6 is 34.8 Å². The standard InChI is InChI=1S/C21H24Cl3F4N5O4/c1-11-9-31(5-6-32(11)17(21(26,27)28)30-18(35)20(22,23)24)16-4-3-13(7-15(16)25)33-10-14(37-19(33)36)8-29-12(2)34/h3-4,7,11,14,17H,5-6,8-10H2,1-2H3,(H,29,34)(H,30,35)/t11?,14-,17?/m0/s1. The van der Waals surface area contributed by atoms with E-state index in [1.54, 1.807) is 10.2 Å². The fourth-order valence-electron chi connectivity index (χ4n) is 4.15. The number of nitrogens with zero attached hydrogens (tertiary/aromatic N) is 3. The van der Waals surface area contributed by atoms with E-state index in [0.29, 0.717) is 0 Å². The summed E-state index contributed by atoms with van der Waals surface area (Å²) in [6, 6.07) is 3.27. The van der Waals surface area contributed by atoms with Crippen molar-refractivity contribution in [2.45, 2.75) is 42.1 Å². The molecule has 2 unspecified atom stereocenters. The molecule has 3 rings (SSSR count). The molecule has 0 saturated carbocycles. The lowest BCUT2D eigenvalue weighted by atomic mass is 10.1. The van der Waals surface area contributed by atoms with Gasteiger partial charge in [0.1, 0.15) is 11.9 Å². The minimum Gasteiger partial charge on any atom is -0.442 e. The van der Waals surface area contributed by atoms with Gasteiger partial charge in [0.2, 0.25) is 5.91 Å². The van der Waals surface area contributed by atoms with Crippen LogP contribution in [0.3, 0.4) is 0 Å². The van der Waals surface area contributed by atoms with E-state index >= 15 is 4.39 Å². The number of hydrogen-bond donors (Lipinski definition) is 2. The Labute approximate surface area is 224 Å². The lowest BCUT2D eigenvalue weighted by molar-refractivity contribution is -0.200. The highest BCUT2D eigenvalue weighted by molar-refractivity contribution is 6.76. The summed E-state index contributed by atoms with van der Waals surface area (Å²) in [5.74, 6) is -2.39. The summed E-state index contributed by atoms with van der Waals surface area (Å²) in [6.07, 6.45) is -8.57. The Bertz CT molecular complexity index is 1040. The van der Waals surface area contributed by atoms with Gasteiger partial charge in [0.25, 0.3) is 9.70 Å². The summed E-state index contributed by atoms with van der Waals surface area (Å²) in [7, 11) is 0. The van der Waals surface area contributed by atoms with Gasteiger partial charge in [-0.3, -0.25) is 19.4 Å². The third kappa shape index (κ3) is 7.21. The van der Waals surface area contributed by atoms with Crippen LogP contribution in [0.5, 0.6) is 0 Å². The van der Waals surface area contributed by atoms with Gasteiger partial charge in [-0.2, -0.15) is 13.2 Å². The van der Waals surface area contributed by atoms with Crippen LogP contribution in [0.15, 0.2) is 18.2 Å². The third-order valence-corrected chi connectivity index (χ3v) is 6.40. The molecule has 2 saturated heterocycles. The smallest absolute Gasteiger partial charge is 0.422 e. The number of benzene rings is 1. The van der Waals surface area contributed by atoms with Crippen LogP contribution < -0.4 is 20.4 Å². The van der Waals surface area contributed by atoms with E-state index in [-0.39, 0.29) is 50.0 Å². The first-order valence-corrected chi connectivity index (χ1v) is 12.2. The molecule has 2 fully saturated rings. The van der Waals surface area contributed by atoms with Crippen molar-refractivity contribution >= 4 is 64.1 Å². The van der Waals surface area contributed by atoms with Crippen LogP contribution in [0.25, 0.3) is 0 Å². The Morgan fingerprint density at radius 3 is 2.41 bits per heavy atom. The average molecular weight is 593 g/mol. The molecule has 1 aromatic rings. The molecule has 0 bridgehead atoms. The maximum Gasteiger partial charge on any atom is 0.422 e. The summed E-state index contributed by atoms with van der Waals surface area (Å²) in [5.41, 5.74) is 0.362. The van der Waals surface area contributed by atoms with Gasteiger partial charge in [-0.15, -0.1) is 0 Å². The second kappa shape index (κ2) is 11.3. The van der Waals surface area contributed by atoms with E-state index in [9.17, 15) is 27.6 Å². The molecule has 3 atom stereocenters. The van der Waals surface area contributed by atoms with Gasteiger partial charge in [0, 0.05) is 32.6 Å². The first kappa shape index (κ1) is 29.3. The molecule has 37 heavy (non-hydrogen) atoms. The largest absolute Gasteiger partial charge is 0.442 e.